The molecule has 1 spiro atoms. The number of hydrogen-bond donors (Lipinski definition) is 3. The highest BCUT2D eigenvalue weighted by molar-refractivity contribution is 6.00. The number of benzene rings is 2. The van der Waals surface area contributed by atoms with Crippen LogP contribution >= 0.6 is 12.4 Å². The zero-order chi connectivity index (χ0) is 30.5. The molecule has 8 nitrogen and oxygen atoms in total. The molecule has 3 fully saturated rings. The Bertz CT molecular complexity index is 1270. The normalized spacial score (nSPS) is 21.4. The van der Waals surface area contributed by atoms with Crippen LogP contribution in [0.4, 0.5) is 0 Å². The van der Waals surface area contributed by atoms with Crippen molar-refractivity contribution in [3.05, 3.63) is 70.8 Å². The Hall–Kier alpha value is -2.94. The Labute approximate surface area is 268 Å². The van der Waals surface area contributed by atoms with Gasteiger partial charge in [0.2, 0.25) is 11.8 Å². The van der Waals surface area contributed by atoms with Gasteiger partial charge < -0.3 is 20.6 Å². The number of nitrogens with one attached hydrogen (secondary N) is 2. The molecule has 1 atom stereocenters. The number of rotatable bonds is 10. The second kappa shape index (κ2) is 14.9. The maximum absolute atomic E-state index is 13.8. The SMILES string of the molecule is CCCCN1C(=O)[C@@H](CC2(O)CCCCC2)NC(=O)C12CCN(Cc1ccc(Cc3ccc(C(=O)NC)cc3)cc1)CC2.Cl. The van der Waals surface area contributed by atoms with E-state index in [-0.39, 0.29) is 30.1 Å². The molecule has 1 saturated carbocycles. The molecule has 240 valence electrons. The maximum atomic E-state index is 13.8. The van der Waals surface area contributed by atoms with Crippen molar-refractivity contribution in [3.8, 4) is 0 Å². The largest absolute Gasteiger partial charge is 0.390 e. The van der Waals surface area contributed by atoms with Crippen LogP contribution in [-0.4, -0.2) is 76.5 Å². The molecule has 3 amide bonds. The van der Waals surface area contributed by atoms with Crippen LogP contribution in [0.25, 0.3) is 0 Å². The number of carbonyl (C=O) groups is 3. The third-order valence-corrected chi connectivity index (χ3v) is 9.88. The first kappa shape index (κ1) is 33.9. The maximum Gasteiger partial charge on any atom is 0.251 e. The van der Waals surface area contributed by atoms with Gasteiger partial charge in [-0.2, -0.15) is 0 Å². The van der Waals surface area contributed by atoms with E-state index in [1.54, 1.807) is 7.05 Å². The van der Waals surface area contributed by atoms with Crippen LogP contribution in [-0.2, 0) is 22.6 Å². The number of piperidine rings is 1. The van der Waals surface area contributed by atoms with Gasteiger partial charge in [0.05, 0.1) is 5.60 Å². The molecule has 3 aliphatic rings. The summed E-state index contributed by atoms with van der Waals surface area (Å²) in [6, 6.07) is 15.7. The van der Waals surface area contributed by atoms with E-state index >= 15 is 0 Å². The first-order valence-electron chi connectivity index (χ1n) is 16.2. The van der Waals surface area contributed by atoms with Gasteiger partial charge in [-0.15, -0.1) is 12.4 Å². The van der Waals surface area contributed by atoms with E-state index in [2.05, 4.69) is 46.7 Å². The first-order chi connectivity index (χ1) is 20.7. The first-order valence-corrected chi connectivity index (χ1v) is 16.2. The minimum Gasteiger partial charge on any atom is -0.390 e. The van der Waals surface area contributed by atoms with Crippen LogP contribution in [0.1, 0.15) is 98.2 Å². The summed E-state index contributed by atoms with van der Waals surface area (Å²) in [7, 11) is 1.63. The lowest BCUT2D eigenvalue weighted by atomic mass is 9.77. The second-order valence-electron chi connectivity index (χ2n) is 12.9. The predicted octanol–water partition coefficient (Wildman–Crippen LogP) is 4.61. The summed E-state index contributed by atoms with van der Waals surface area (Å²) in [6.07, 6.45) is 8.66. The van der Waals surface area contributed by atoms with Crippen molar-refractivity contribution in [2.45, 2.75) is 101 Å². The third-order valence-electron chi connectivity index (χ3n) is 9.88. The van der Waals surface area contributed by atoms with Crippen molar-refractivity contribution in [3.63, 3.8) is 0 Å². The van der Waals surface area contributed by atoms with E-state index in [1.165, 1.54) is 11.1 Å². The highest BCUT2D eigenvalue weighted by atomic mass is 35.5. The highest BCUT2D eigenvalue weighted by Gasteiger charge is 2.54. The molecule has 0 aromatic heterocycles. The van der Waals surface area contributed by atoms with E-state index in [1.807, 2.05) is 29.2 Å². The van der Waals surface area contributed by atoms with Gasteiger partial charge in [-0.1, -0.05) is 69.0 Å². The van der Waals surface area contributed by atoms with E-state index in [0.29, 0.717) is 44.2 Å². The summed E-state index contributed by atoms with van der Waals surface area (Å²) in [5, 5.41) is 16.9. The van der Waals surface area contributed by atoms with Crippen molar-refractivity contribution in [1.29, 1.82) is 0 Å². The number of halogens is 1. The van der Waals surface area contributed by atoms with Crippen molar-refractivity contribution < 1.29 is 19.5 Å². The van der Waals surface area contributed by atoms with Gasteiger partial charge in [0.15, 0.2) is 0 Å². The van der Waals surface area contributed by atoms with E-state index in [0.717, 1.165) is 63.7 Å². The van der Waals surface area contributed by atoms with E-state index in [9.17, 15) is 19.5 Å². The lowest BCUT2D eigenvalue weighted by molar-refractivity contribution is -0.163. The molecule has 0 radical (unpaired) electrons. The average molecular weight is 625 g/mol. The lowest BCUT2D eigenvalue weighted by Crippen LogP contribution is -2.73. The highest BCUT2D eigenvalue weighted by Crippen LogP contribution is 2.37. The summed E-state index contributed by atoms with van der Waals surface area (Å²) in [5.41, 5.74) is 2.60. The topological polar surface area (TPSA) is 102 Å². The van der Waals surface area contributed by atoms with Crippen LogP contribution in [0.5, 0.6) is 0 Å². The quantitative estimate of drug-likeness (QED) is 0.359. The standard InChI is InChI=1S/C35H48N4O4.ClH/c1-3-4-20-39-32(41)30(24-34(43)16-6-5-7-17-34)37-33(42)35(39)18-21-38(22-19-35)25-28-10-8-26(9-11-28)23-27-12-14-29(15-13-27)31(40)36-2;/h8-15,30,43H,3-7,16-25H2,1-2H3,(H,36,40)(H,37,42);1H/t30-;/m1./s1. The number of likely N-dealkylation sites (tertiary alicyclic amines) is 1. The Morgan fingerprint density at radius 2 is 1.52 bits per heavy atom. The summed E-state index contributed by atoms with van der Waals surface area (Å²) < 4.78 is 0. The Kier molecular flexibility index (Phi) is 11.5. The van der Waals surface area contributed by atoms with Gasteiger partial charge in [-0.25, -0.2) is 0 Å². The summed E-state index contributed by atoms with van der Waals surface area (Å²) in [5.74, 6) is -0.137. The monoisotopic (exact) mass is 624 g/mol. The van der Waals surface area contributed by atoms with Crippen LogP contribution in [0, 0.1) is 0 Å². The Morgan fingerprint density at radius 3 is 2.11 bits per heavy atom. The number of carbonyl (C=O) groups excluding carboxylic acids is 3. The van der Waals surface area contributed by atoms with Crippen molar-refractivity contribution in [2.75, 3.05) is 26.7 Å². The molecule has 9 heteroatoms. The average Bonchev–Trinajstić information content (AvgIpc) is 3.02. The molecule has 0 bridgehead atoms. The van der Waals surface area contributed by atoms with Crippen LogP contribution in [0.3, 0.4) is 0 Å². The number of hydrogen-bond acceptors (Lipinski definition) is 5. The fourth-order valence-corrected chi connectivity index (χ4v) is 7.20. The lowest BCUT2D eigenvalue weighted by Gasteiger charge is -2.52. The van der Waals surface area contributed by atoms with Gasteiger partial charge in [-0.3, -0.25) is 19.3 Å². The molecule has 5 rings (SSSR count). The van der Waals surface area contributed by atoms with Crippen LogP contribution in [0.2, 0.25) is 0 Å². The number of piperazine rings is 1. The molecular weight excluding hydrogens is 576 g/mol. The molecule has 1 aliphatic carbocycles. The molecule has 2 aliphatic heterocycles. The smallest absolute Gasteiger partial charge is 0.251 e. The fourth-order valence-electron chi connectivity index (χ4n) is 7.20. The number of unbranched alkanes of at least 4 members (excludes halogenated alkanes) is 1. The Morgan fingerprint density at radius 1 is 0.932 bits per heavy atom. The zero-order valence-corrected chi connectivity index (χ0v) is 27.1. The fraction of sp³-hybridized carbons (Fsp3) is 0.571. The summed E-state index contributed by atoms with van der Waals surface area (Å²) in [4.78, 5) is 43.6. The second-order valence-corrected chi connectivity index (χ2v) is 12.9. The minimum atomic E-state index is -0.858. The number of aliphatic hydroxyl groups is 1. The molecule has 3 N–H and O–H groups in total. The van der Waals surface area contributed by atoms with Crippen LogP contribution in [0.15, 0.2) is 48.5 Å². The molecule has 2 aromatic rings. The van der Waals surface area contributed by atoms with Gasteiger partial charge in [0.1, 0.15) is 11.6 Å². The molecular formula is C35H49ClN4O4. The van der Waals surface area contributed by atoms with Crippen molar-refractivity contribution in [2.24, 2.45) is 0 Å². The van der Waals surface area contributed by atoms with Gasteiger partial charge in [0, 0.05) is 45.2 Å². The van der Waals surface area contributed by atoms with E-state index < -0.39 is 17.2 Å². The third kappa shape index (κ3) is 7.64. The summed E-state index contributed by atoms with van der Waals surface area (Å²) >= 11 is 0. The van der Waals surface area contributed by atoms with Gasteiger partial charge in [0.25, 0.3) is 5.91 Å². The molecule has 2 aromatic carbocycles. The minimum absolute atomic E-state index is 0. The molecule has 44 heavy (non-hydrogen) atoms. The molecule has 0 unspecified atom stereocenters. The summed E-state index contributed by atoms with van der Waals surface area (Å²) in [6.45, 7) is 5.00. The predicted molar refractivity (Wildman–Crippen MR) is 175 cm³/mol. The van der Waals surface area contributed by atoms with Gasteiger partial charge in [-0.05, 0) is 67.3 Å². The van der Waals surface area contributed by atoms with E-state index in [4.69, 9.17) is 0 Å². The number of amides is 3. The van der Waals surface area contributed by atoms with Crippen molar-refractivity contribution in [1.82, 2.24) is 20.4 Å². The van der Waals surface area contributed by atoms with Crippen molar-refractivity contribution >= 4 is 30.1 Å². The Balaban J connectivity index is 0.00000442. The zero-order valence-electron chi connectivity index (χ0n) is 26.3. The molecule has 2 heterocycles. The van der Waals surface area contributed by atoms with Crippen LogP contribution < -0.4 is 10.6 Å². The number of nitrogens with zero attached hydrogens (tertiary/aromatic N) is 2. The molecule has 2 saturated heterocycles. The van der Waals surface area contributed by atoms with Gasteiger partial charge >= 0.3 is 0 Å².